The summed E-state index contributed by atoms with van der Waals surface area (Å²) in [5, 5.41) is 15.2. The minimum atomic E-state index is -3.66. The molecule has 0 aliphatic heterocycles. The van der Waals surface area contributed by atoms with E-state index in [1.807, 2.05) is 13.0 Å². The largest absolute Gasteiger partial charge is 0.280 e. The van der Waals surface area contributed by atoms with Crippen LogP contribution >= 0.6 is 11.3 Å². The van der Waals surface area contributed by atoms with Gasteiger partial charge in [0.15, 0.2) is 5.82 Å². The normalized spacial score (nSPS) is 11.1. The summed E-state index contributed by atoms with van der Waals surface area (Å²) < 4.78 is 26.4. The topological polar surface area (TPSA) is 98.6 Å². The standard InChI is InChI=1S/C10H10N4O2S2/c1-2-7-5-9(13-12-7)14-18(15,16)10-4-3-8(6-11)17-10/h3-5H,2H2,1H3,(H2,12,13,14). The van der Waals surface area contributed by atoms with Crippen molar-refractivity contribution in [1.82, 2.24) is 10.2 Å². The lowest BCUT2D eigenvalue weighted by atomic mass is 10.3. The fourth-order valence-electron chi connectivity index (χ4n) is 1.31. The fraction of sp³-hybridized carbons (Fsp3) is 0.200. The minimum Gasteiger partial charge on any atom is -0.280 e. The van der Waals surface area contributed by atoms with E-state index in [0.29, 0.717) is 4.88 Å². The summed E-state index contributed by atoms with van der Waals surface area (Å²) in [6.45, 7) is 1.93. The lowest BCUT2D eigenvalue weighted by molar-refractivity contribution is 0.603. The highest BCUT2D eigenvalue weighted by atomic mass is 32.2. The zero-order chi connectivity index (χ0) is 13.2. The first-order valence-corrected chi connectivity index (χ1v) is 7.42. The number of anilines is 1. The molecular formula is C10H10N4O2S2. The summed E-state index contributed by atoms with van der Waals surface area (Å²) >= 11 is 0.922. The average molecular weight is 282 g/mol. The molecule has 0 spiro atoms. The highest BCUT2D eigenvalue weighted by molar-refractivity contribution is 7.94. The third kappa shape index (κ3) is 2.52. The predicted octanol–water partition coefficient (Wildman–Crippen LogP) is 1.71. The Bertz CT molecular complexity index is 694. The molecule has 2 rings (SSSR count). The summed E-state index contributed by atoms with van der Waals surface area (Å²) in [5.41, 5.74) is 0.844. The van der Waals surface area contributed by atoms with Crippen LogP contribution in [0.25, 0.3) is 0 Å². The maximum absolute atomic E-state index is 12.0. The maximum Gasteiger partial charge on any atom is 0.272 e. The second-order valence-corrected chi connectivity index (χ2v) is 6.46. The average Bonchev–Trinajstić information content (AvgIpc) is 2.96. The highest BCUT2D eigenvalue weighted by Crippen LogP contribution is 2.23. The quantitative estimate of drug-likeness (QED) is 0.891. The van der Waals surface area contributed by atoms with Crippen LogP contribution in [0.3, 0.4) is 0 Å². The van der Waals surface area contributed by atoms with Crippen molar-refractivity contribution >= 4 is 27.2 Å². The molecule has 0 aliphatic rings. The number of aryl methyl sites for hydroxylation is 1. The highest BCUT2D eigenvalue weighted by Gasteiger charge is 2.18. The van der Waals surface area contributed by atoms with Crippen molar-refractivity contribution < 1.29 is 8.42 Å². The van der Waals surface area contributed by atoms with Crippen molar-refractivity contribution in [3.63, 3.8) is 0 Å². The summed E-state index contributed by atoms with van der Waals surface area (Å²) in [7, 11) is -3.66. The van der Waals surface area contributed by atoms with Gasteiger partial charge in [0.2, 0.25) is 0 Å². The van der Waals surface area contributed by atoms with Gasteiger partial charge in [-0.1, -0.05) is 6.92 Å². The lowest BCUT2D eigenvalue weighted by Gasteiger charge is -2.01. The molecule has 2 aromatic heterocycles. The minimum absolute atomic E-state index is 0.0973. The Morgan fingerprint density at radius 2 is 2.33 bits per heavy atom. The van der Waals surface area contributed by atoms with Crippen molar-refractivity contribution in [3.8, 4) is 6.07 Å². The number of rotatable bonds is 4. The first-order chi connectivity index (χ1) is 8.55. The Kier molecular flexibility index (Phi) is 3.36. The number of hydrogen-bond acceptors (Lipinski definition) is 5. The Labute approximate surface area is 108 Å². The summed E-state index contributed by atoms with van der Waals surface area (Å²) in [6.07, 6.45) is 0.742. The summed E-state index contributed by atoms with van der Waals surface area (Å²) in [6, 6.07) is 6.41. The number of hydrogen-bond donors (Lipinski definition) is 2. The third-order valence-electron chi connectivity index (χ3n) is 2.21. The van der Waals surface area contributed by atoms with E-state index in [9.17, 15) is 8.42 Å². The second-order valence-electron chi connectivity index (χ2n) is 3.47. The molecule has 0 unspecified atom stereocenters. The van der Waals surface area contributed by atoms with Gasteiger partial charge < -0.3 is 0 Å². The van der Waals surface area contributed by atoms with E-state index >= 15 is 0 Å². The van der Waals surface area contributed by atoms with Crippen LogP contribution in [0.2, 0.25) is 0 Å². The third-order valence-corrected chi connectivity index (χ3v) is 5.04. The maximum atomic E-state index is 12.0. The number of H-pyrrole nitrogens is 1. The Hall–Kier alpha value is -1.85. The smallest absolute Gasteiger partial charge is 0.272 e. The Balaban J connectivity index is 2.24. The van der Waals surface area contributed by atoms with Crippen LogP contribution in [0.1, 0.15) is 17.5 Å². The molecule has 0 atom stereocenters. The van der Waals surface area contributed by atoms with Crippen LogP contribution in [0.5, 0.6) is 0 Å². The second kappa shape index (κ2) is 4.80. The van der Waals surface area contributed by atoms with Gasteiger partial charge in [-0.05, 0) is 18.6 Å². The first-order valence-electron chi connectivity index (χ1n) is 5.12. The van der Waals surface area contributed by atoms with Crippen molar-refractivity contribution in [1.29, 1.82) is 5.26 Å². The molecule has 18 heavy (non-hydrogen) atoms. The Morgan fingerprint density at radius 1 is 1.56 bits per heavy atom. The van der Waals surface area contributed by atoms with E-state index in [2.05, 4.69) is 14.9 Å². The van der Waals surface area contributed by atoms with Crippen LogP contribution in [-0.2, 0) is 16.4 Å². The predicted molar refractivity (Wildman–Crippen MR) is 67.8 cm³/mol. The number of nitrogens with one attached hydrogen (secondary N) is 2. The van der Waals surface area contributed by atoms with Gasteiger partial charge in [-0.2, -0.15) is 10.4 Å². The van der Waals surface area contributed by atoms with Gasteiger partial charge in [0.25, 0.3) is 10.0 Å². The number of nitriles is 1. The summed E-state index contributed by atoms with van der Waals surface area (Å²) in [4.78, 5) is 0.353. The van der Waals surface area contributed by atoms with Crippen molar-refractivity contribution in [2.45, 2.75) is 17.6 Å². The number of thiophene rings is 1. The van der Waals surface area contributed by atoms with Gasteiger partial charge in [0, 0.05) is 11.8 Å². The molecular weight excluding hydrogens is 272 g/mol. The lowest BCUT2D eigenvalue weighted by Crippen LogP contribution is -2.11. The molecule has 2 aromatic rings. The van der Waals surface area contributed by atoms with Crippen LogP contribution in [0.4, 0.5) is 5.82 Å². The van der Waals surface area contributed by atoms with Crippen LogP contribution in [0, 0.1) is 11.3 Å². The van der Waals surface area contributed by atoms with E-state index < -0.39 is 10.0 Å². The molecule has 2 heterocycles. The van der Waals surface area contributed by atoms with Crippen molar-refractivity contribution in [3.05, 3.63) is 28.8 Å². The molecule has 0 fully saturated rings. The molecule has 0 bridgehead atoms. The molecule has 2 N–H and O–H groups in total. The van der Waals surface area contributed by atoms with E-state index in [0.717, 1.165) is 23.5 Å². The van der Waals surface area contributed by atoms with Crippen molar-refractivity contribution in [2.75, 3.05) is 4.72 Å². The van der Waals surface area contributed by atoms with Crippen molar-refractivity contribution in [2.24, 2.45) is 0 Å². The fourth-order valence-corrected chi connectivity index (χ4v) is 3.40. The number of nitrogens with zero attached hydrogens (tertiary/aromatic N) is 2. The van der Waals surface area contributed by atoms with Gasteiger partial charge in [-0.15, -0.1) is 11.3 Å². The molecule has 6 nitrogen and oxygen atoms in total. The van der Waals surface area contributed by atoms with E-state index in [1.54, 1.807) is 6.07 Å². The number of aromatic amines is 1. The van der Waals surface area contributed by atoms with Crippen LogP contribution < -0.4 is 4.72 Å². The molecule has 94 valence electrons. The zero-order valence-corrected chi connectivity index (χ0v) is 11.1. The van der Waals surface area contributed by atoms with E-state index in [-0.39, 0.29) is 10.0 Å². The molecule has 0 aromatic carbocycles. The van der Waals surface area contributed by atoms with E-state index in [1.165, 1.54) is 12.1 Å². The Morgan fingerprint density at radius 3 is 2.89 bits per heavy atom. The van der Waals surface area contributed by atoms with Crippen LogP contribution in [0.15, 0.2) is 22.4 Å². The number of sulfonamides is 1. The molecule has 0 radical (unpaired) electrons. The molecule has 0 saturated carbocycles. The monoisotopic (exact) mass is 282 g/mol. The van der Waals surface area contributed by atoms with E-state index in [4.69, 9.17) is 5.26 Å². The van der Waals surface area contributed by atoms with Gasteiger partial charge in [-0.25, -0.2) is 8.42 Å². The molecule has 8 heteroatoms. The van der Waals surface area contributed by atoms with Gasteiger partial charge >= 0.3 is 0 Å². The molecule has 0 amide bonds. The SMILES string of the molecule is CCc1cc(NS(=O)(=O)c2ccc(C#N)s2)n[nH]1. The van der Waals surface area contributed by atoms with Gasteiger partial charge in [0.1, 0.15) is 15.2 Å². The number of aromatic nitrogens is 2. The summed E-state index contributed by atoms with van der Waals surface area (Å²) in [5.74, 6) is 0.249. The zero-order valence-electron chi connectivity index (χ0n) is 9.47. The molecule has 0 aliphatic carbocycles. The first kappa shape index (κ1) is 12.6. The molecule has 0 saturated heterocycles. The van der Waals surface area contributed by atoms with Gasteiger partial charge in [-0.3, -0.25) is 9.82 Å². The van der Waals surface area contributed by atoms with Gasteiger partial charge in [0.05, 0.1) is 0 Å². The van der Waals surface area contributed by atoms with Crippen LogP contribution in [-0.4, -0.2) is 18.6 Å².